The number of aromatic nitrogens is 2. The number of ether oxygens (including phenoxy) is 1. The molecule has 0 aliphatic carbocycles. The van der Waals surface area contributed by atoms with E-state index in [1.807, 2.05) is 24.3 Å². The van der Waals surface area contributed by atoms with Gasteiger partial charge in [0.1, 0.15) is 10.0 Å². The summed E-state index contributed by atoms with van der Waals surface area (Å²) in [6.45, 7) is 3.02. The second-order valence-electron chi connectivity index (χ2n) is 5.61. The maximum Gasteiger partial charge on any atom is 0.138 e. The molecule has 1 fully saturated rings. The van der Waals surface area contributed by atoms with Crippen LogP contribution in [0.1, 0.15) is 29.7 Å². The third kappa shape index (κ3) is 4.49. The molecule has 2 heterocycles. The van der Waals surface area contributed by atoms with E-state index in [-0.39, 0.29) is 6.10 Å². The van der Waals surface area contributed by atoms with Crippen LogP contribution in [0.25, 0.3) is 0 Å². The Kier molecular flexibility index (Phi) is 5.57. The molecule has 1 saturated heterocycles. The zero-order valence-corrected chi connectivity index (χ0v) is 14.2. The van der Waals surface area contributed by atoms with Gasteiger partial charge in [-0.2, -0.15) is 5.26 Å². The topological polar surface area (TPSA) is 62.0 Å². The van der Waals surface area contributed by atoms with Gasteiger partial charge in [-0.1, -0.05) is 28.2 Å². The lowest BCUT2D eigenvalue weighted by molar-refractivity contribution is 0.0675. The van der Waals surface area contributed by atoms with E-state index in [9.17, 15) is 0 Å². The molecule has 3 rings (SSSR count). The molecule has 7 heteroatoms. The summed E-state index contributed by atoms with van der Waals surface area (Å²) in [6.07, 6.45) is 2.44. The first-order chi connectivity index (χ1) is 11.2. The van der Waals surface area contributed by atoms with Crippen molar-refractivity contribution in [2.45, 2.75) is 32.0 Å². The third-order valence-corrected chi connectivity index (χ3v) is 4.82. The fourth-order valence-corrected chi connectivity index (χ4v) is 3.37. The van der Waals surface area contributed by atoms with E-state index in [0.29, 0.717) is 16.4 Å². The Hall–Kier alpha value is -1.52. The van der Waals surface area contributed by atoms with E-state index >= 15 is 0 Å². The van der Waals surface area contributed by atoms with Crippen molar-refractivity contribution in [3.05, 3.63) is 45.4 Å². The Morgan fingerprint density at radius 3 is 3.04 bits per heavy atom. The molecule has 120 valence electrons. The molecule has 1 atom stereocenters. The van der Waals surface area contributed by atoms with E-state index in [4.69, 9.17) is 21.6 Å². The maximum absolute atomic E-state index is 9.05. The standard InChI is InChI=1S/C16H17ClN4OS/c17-16-15(19-20-23-16)11-21(10-14-5-2-6-22-14)9-13-4-1-3-12(7-13)8-18/h1,3-4,7,14H,2,5-6,9-11H2/t14-/m1/s1. The van der Waals surface area contributed by atoms with E-state index < -0.39 is 0 Å². The fourth-order valence-electron chi connectivity index (χ4n) is 2.76. The predicted molar refractivity (Wildman–Crippen MR) is 89.2 cm³/mol. The van der Waals surface area contributed by atoms with Crippen LogP contribution in [0.2, 0.25) is 4.34 Å². The molecule has 0 radical (unpaired) electrons. The van der Waals surface area contributed by atoms with Gasteiger partial charge < -0.3 is 4.74 Å². The zero-order valence-electron chi connectivity index (χ0n) is 12.6. The molecule has 23 heavy (non-hydrogen) atoms. The molecule has 5 nitrogen and oxygen atoms in total. The van der Waals surface area contributed by atoms with Gasteiger partial charge in [-0.15, -0.1) is 5.10 Å². The molecule has 0 amide bonds. The van der Waals surface area contributed by atoms with Crippen LogP contribution in [0.3, 0.4) is 0 Å². The van der Waals surface area contributed by atoms with Gasteiger partial charge in [0.15, 0.2) is 0 Å². The Balaban J connectivity index is 1.73. The third-order valence-electron chi connectivity index (χ3n) is 3.83. The van der Waals surface area contributed by atoms with Gasteiger partial charge in [0.05, 0.1) is 17.7 Å². The Labute approximate surface area is 144 Å². The van der Waals surface area contributed by atoms with Crippen molar-refractivity contribution in [1.29, 1.82) is 5.26 Å². The molecule has 1 aromatic carbocycles. The van der Waals surface area contributed by atoms with Gasteiger partial charge in [0.2, 0.25) is 0 Å². The van der Waals surface area contributed by atoms with Crippen LogP contribution in [0, 0.1) is 11.3 Å². The minimum absolute atomic E-state index is 0.250. The van der Waals surface area contributed by atoms with Crippen LogP contribution in [0.5, 0.6) is 0 Å². The highest BCUT2D eigenvalue weighted by atomic mass is 35.5. The summed E-state index contributed by atoms with van der Waals surface area (Å²) in [4.78, 5) is 2.26. The molecule has 0 unspecified atom stereocenters. The van der Waals surface area contributed by atoms with E-state index in [1.54, 1.807) is 0 Å². The molecule has 1 aliphatic rings. The van der Waals surface area contributed by atoms with Crippen LogP contribution in [-0.4, -0.2) is 33.7 Å². The summed E-state index contributed by atoms with van der Waals surface area (Å²) in [5, 5.41) is 13.2. The van der Waals surface area contributed by atoms with Crippen molar-refractivity contribution in [3.63, 3.8) is 0 Å². The predicted octanol–water partition coefficient (Wildman–Crippen LogP) is 3.24. The molecule has 1 aliphatic heterocycles. The van der Waals surface area contributed by atoms with Crippen LogP contribution < -0.4 is 0 Å². The number of nitriles is 1. The summed E-state index contributed by atoms with van der Waals surface area (Å²) in [5.74, 6) is 0. The molecule has 0 spiro atoms. The first kappa shape index (κ1) is 16.3. The summed E-state index contributed by atoms with van der Waals surface area (Å²) >= 11 is 7.35. The normalized spacial score (nSPS) is 17.5. The second-order valence-corrected chi connectivity index (χ2v) is 6.97. The maximum atomic E-state index is 9.05. The average Bonchev–Trinajstić information content (AvgIpc) is 3.20. The Morgan fingerprint density at radius 2 is 2.35 bits per heavy atom. The first-order valence-corrected chi connectivity index (χ1v) is 8.69. The lowest BCUT2D eigenvalue weighted by Gasteiger charge is -2.24. The Bertz CT molecular complexity index is 693. The van der Waals surface area contributed by atoms with Crippen molar-refractivity contribution in [3.8, 4) is 6.07 Å². The lowest BCUT2D eigenvalue weighted by atomic mass is 10.1. The van der Waals surface area contributed by atoms with Crippen molar-refractivity contribution >= 4 is 23.1 Å². The van der Waals surface area contributed by atoms with Crippen molar-refractivity contribution < 1.29 is 4.74 Å². The molecular weight excluding hydrogens is 332 g/mol. The number of rotatable bonds is 6. The van der Waals surface area contributed by atoms with Crippen molar-refractivity contribution in [1.82, 2.24) is 14.5 Å². The van der Waals surface area contributed by atoms with Crippen molar-refractivity contribution in [2.24, 2.45) is 0 Å². The number of hydrogen-bond acceptors (Lipinski definition) is 6. The molecular formula is C16H17ClN4OS. The monoisotopic (exact) mass is 348 g/mol. The minimum Gasteiger partial charge on any atom is -0.377 e. The smallest absolute Gasteiger partial charge is 0.138 e. The lowest BCUT2D eigenvalue weighted by Crippen LogP contribution is -2.31. The number of hydrogen-bond donors (Lipinski definition) is 0. The summed E-state index contributed by atoms with van der Waals surface area (Å²) in [5.41, 5.74) is 2.57. The van der Waals surface area contributed by atoms with Gasteiger partial charge in [-0.3, -0.25) is 4.90 Å². The van der Waals surface area contributed by atoms with E-state index in [2.05, 4.69) is 20.6 Å². The largest absolute Gasteiger partial charge is 0.377 e. The molecule has 1 aromatic heterocycles. The second kappa shape index (κ2) is 7.84. The highest BCUT2D eigenvalue weighted by Gasteiger charge is 2.21. The van der Waals surface area contributed by atoms with Gasteiger partial charge in [0, 0.05) is 37.8 Å². The molecule has 0 N–H and O–H groups in total. The van der Waals surface area contributed by atoms with Crippen LogP contribution >= 0.6 is 23.1 Å². The Morgan fingerprint density at radius 1 is 1.43 bits per heavy atom. The summed E-state index contributed by atoms with van der Waals surface area (Å²) < 4.78 is 10.3. The fraction of sp³-hybridized carbons (Fsp3) is 0.438. The molecule has 0 saturated carbocycles. The highest BCUT2D eigenvalue weighted by Crippen LogP contribution is 2.22. The SMILES string of the molecule is N#Cc1cccc(CN(Cc2nnsc2Cl)C[C@H]2CCCO2)c1. The first-order valence-electron chi connectivity index (χ1n) is 7.54. The van der Waals surface area contributed by atoms with Gasteiger partial charge >= 0.3 is 0 Å². The number of nitrogens with zero attached hydrogens (tertiary/aromatic N) is 4. The van der Waals surface area contributed by atoms with E-state index in [0.717, 1.165) is 43.8 Å². The van der Waals surface area contributed by atoms with Crippen LogP contribution in [-0.2, 0) is 17.8 Å². The average molecular weight is 349 g/mol. The quantitative estimate of drug-likeness (QED) is 0.801. The number of halogens is 1. The highest BCUT2D eigenvalue weighted by molar-refractivity contribution is 7.10. The van der Waals surface area contributed by atoms with Gasteiger partial charge in [-0.05, 0) is 30.5 Å². The van der Waals surface area contributed by atoms with Crippen LogP contribution in [0.15, 0.2) is 24.3 Å². The molecule has 2 aromatic rings. The van der Waals surface area contributed by atoms with Crippen molar-refractivity contribution in [2.75, 3.05) is 13.2 Å². The minimum atomic E-state index is 0.250. The zero-order chi connectivity index (χ0) is 16.1. The van der Waals surface area contributed by atoms with Gasteiger partial charge in [-0.25, -0.2) is 0 Å². The molecule has 0 bridgehead atoms. The summed E-state index contributed by atoms with van der Waals surface area (Å²) in [6, 6.07) is 9.86. The number of benzene rings is 1. The van der Waals surface area contributed by atoms with Crippen LogP contribution in [0.4, 0.5) is 0 Å². The van der Waals surface area contributed by atoms with Gasteiger partial charge in [0.25, 0.3) is 0 Å². The summed E-state index contributed by atoms with van der Waals surface area (Å²) in [7, 11) is 0. The van der Waals surface area contributed by atoms with E-state index in [1.165, 1.54) is 11.5 Å².